The molecule has 2 aromatic carbocycles. The molecule has 0 spiro atoms. The lowest BCUT2D eigenvalue weighted by atomic mass is 9.79. The zero-order valence-electron chi connectivity index (χ0n) is 19.2. The highest BCUT2D eigenvalue weighted by Gasteiger charge is 2.38. The first-order valence-electron chi connectivity index (χ1n) is 11.3. The molecular formula is C26H32O6. The Balaban J connectivity index is 1.61. The molecule has 0 heterocycles. The molecule has 1 aliphatic carbocycles. The molecule has 1 aliphatic rings. The van der Waals surface area contributed by atoms with Gasteiger partial charge >= 0.3 is 11.9 Å². The van der Waals surface area contributed by atoms with Crippen molar-refractivity contribution in [3.8, 4) is 23.0 Å². The summed E-state index contributed by atoms with van der Waals surface area (Å²) >= 11 is 0. The Morgan fingerprint density at radius 3 is 1.25 bits per heavy atom. The fraction of sp³-hybridized carbons (Fsp3) is 0.462. The summed E-state index contributed by atoms with van der Waals surface area (Å²) in [6, 6.07) is 13.9. The molecule has 0 aromatic heterocycles. The van der Waals surface area contributed by atoms with Crippen LogP contribution in [0.1, 0.15) is 53.4 Å². The van der Waals surface area contributed by atoms with Gasteiger partial charge in [0.15, 0.2) is 0 Å². The van der Waals surface area contributed by atoms with Crippen molar-refractivity contribution in [2.75, 3.05) is 0 Å². The Labute approximate surface area is 189 Å². The smallest absolute Gasteiger partial charge is 0.315 e. The summed E-state index contributed by atoms with van der Waals surface area (Å²) in [7, 11) is 0. The molecule has 3 rings (SSSR count). The van der Waals surface area contributed by atoms with Gasteiger partial charge in [0, 0.05) is 0 Å². The van der Waals surface area contributed by atoms with Crippen molar-refractivity contribution in [2.45, 2.75) is 65.6 Å². The lowest BCUT2D eigenvalue weighted by Gasteiger charge is -2.28. The van der Waals surface area contributed by atoms with Gasteiger partial charge in [0.25, 0.3) is 0 Å². The van der Waals surface area contributed by atoms with E-state index in [1.165, 1.54) is 0 Å². The molecule has 2 atom stereocenters. The molecule has 1 fully saturated rings. The van der Waals surface area contributed by atoms with E-state index >= 15 is 0 Å². The topological polar surface area (TPSA) is 71.1 Å². The number of carbonyl (C=O) groups is 2. The third kappa shape index (κ3) is 6.74. The minimum absolute atomic E-state index is 0.0661. The van der Waals surface area contributed by atoms with Crippen LogP contribution in [0.3, 0.4) is 0 Å². The number of esters is 2. The van der Waals surface area contributed by atoms with Gasteiger partial charge in [-0.25, -0.2) is 0 Å². The van der Waals surface area contributed by atoms with Crippen LogP contribution >= 0.6 is 0 Å². The van der Waals surface area contributed by atoms with E-state index in [0.717, 1.165) is 12.8 Å². The summed E-state index contributed by atoms with van der Waals surface area (Å²) in [6.45, 7) is 7.79. The second-order valence-corrected chi connectivity index (χ2v) is 8.62. The lowest BCUT2D eigenvalue weighted by Crippen LogP contribution is -2.37. The van der Waals surface area contributed by atoms with Crippen LogP contribution in [0.25, 0.3) is 0 Å². The zero-order chi connectivity index (χ0) is 23.1. The molecule has 172 valence electrons. The van der Waals surface area contributed by atoms with Gasteiger partial charge < -0.3 is 18.9 Å². The van der Waals surface area contributed by atoms with Crippen LogP contribution < -0.4 is 18.9 Å². The second-order valence-electron chi connectivity index (χ2n) is 8.62. The number of carbonyl (C=O) groups excluding carboxylic acids is 2. The maximum atomic E-state index is 12.9. The Kier molecular flexibility index (Phi) is 8.14. The molecule has 0 saturated heterocycles. The number of hydrogen-bond donors (Lipinski definition) is 0. The molecule has 6 nitrogen and oxygen atoms in total. The summed E-state index contributed by atoms with van der Waals surface area (Å²) in [5, 5.41) is 0. The summed E-state index contributed by atoms with van der Waals surface area (Å²) in [5.74, 6) is 0.453. The quantitative estimate of drug-likeness (QED) is 0.394. The fourth-order valence-corrected chi connectivity index (χ4v) is 3.80. The van der Waals surface area contributed by atoms with Crippen LogP contribution in [0, 0.1) is 11.8 Å². The van der Waals surface area contributed by atoms with E-state index in [9.17, 15) is 9.59 Å². The van der Waals surface area contributed by atoms with Gasteiger partial charge in [-0.2, -0.15) is 0 Å². The third-order valence-electron chi connectivity index (χ3n) is 5.20. The van der Waals surface area contributed by atoms with Crippen molar-refractivity contribution < 1.29 is 28.5 Å². The highest BCUT2D eigenvalue weighted by Crippen LogP contribution is 2.33. The molecule has 32 heavy (non-hydrogen) atoms. The molecule has 0 bridgehead atoms. The van der Waals surface area contributed by atoms with Crippen molar-refractivity contribution in [1.82, 2.24) is 0 Å². The number of rotatable bonds is 8. The predicted octanol–water partition coefficient (Wildman–Crippen LogP) is 5.58. The van der Waals surface area contributed by atoms with E-state index in [0.29, 0.717) is 35.8 Å². The van der Waals surface area contributed by atoms with Crippen molar-refractivity contribution in [1.29, 1.82) is 0 Å². The molecule has 0 radical (unpaired) electrons. The van der Waals surface area contributed by atoms with Gasteiger partial charge in [-0.1, -0.05) is 12.8 Å². The molecule has 2 unspecified atom stereocenters. The Morgan fingerprint density at radius 2 is 0.938 bits per heavy atom. The highest BCUT2D eigenvalue weighted by atomic mass is 16.5. The molecule has 1 saturated carbocycles. The molecule has 0 aliphatic heterocycles. The van der Waals surface area contributed by atoms with E-state index in [4.69, 9.17) is 18.9 Å². The van der Waals surface area contributed by atoms with E-state index < -0.39 is 23.8 Å². The third-order valence-corrected chi connectivity index (χ3v) is 5.20. The first kappa shape index (κ1) is 23.6. The van der Waals surface area contributed by atoms with Gasteiger partial charge in [-0.3, -0.25) is 9.59 Å². The van der Waals surface area contributed by atoms with Crippen molar-refractivity contribution in [2.24, 2.45) is 11.8 Å². The normalized spacial score (nSPS) is 18.3. The van der Waals surface area contributed by atoms with E-state index in [1.54, 1.807) is 48.5 Å². The molecule has 2 aromatic rings. The average molecular weight is 441 g/mol. The van der Waals surface area contributed by atoms with Crippen molar-refractivity contribution in [3.63, 3.8) is 0 Å². The maximum absolute atomic E-state index is 12.9. The van der Waals surface area contributed by atoms with Crippen LogP contribution in [0.5, 0.6) is 23.0 Å². The van der Waals surface area contributed by atoms with Crippen LogP contribution in [0.15, 0.2) is 48.5 Å². The molecule has 0 N–H and O–H groups in total. The Hall–Kier alpha value is -3.02. The van der Waals surface area contributed by atoms with E-state index in [-0.39, 0.29) is 12.2 Å². The minimum Gasteiger partial charge on any atom is -0.491 e. The van der Waals surface area contributed by atoms with Crippen molar-refractivity contribution in [3.05, 3.63) is 48.5 Å². The van der Waals surface area contributed by atoms with Gasteiger partial charge in [0.2, 0.25) is 0 Å². The summed E-state index contributed by atoms with van der Waals surface area (Å²) in [5.41, 5.74) is 0. The molecule has 0 amide bonds. The summed E-state index contributed by atoms with van der Waals surface area (Å²) in [6.07, 6.45) is 3.10. The predicted molar refractivity (Wildman–Crippen MR) is 121 cm³/mol. The summed E-state index contributed by atoms with van der Waals surface area (Å²) in [4.78, 5) is 25.7. The van der Waals surface area contributed by atoms with Gasteiger partial charge in [-0.15, -0.1) is 0 Å². The van der Waals surface area contributed by atoms with Gasteiger partial charge in [-0.05, 0) is 89.1 Å². The standard InChI is InChI=1S/C26H32O6/c1-17(2)29-19-9-13-21(14-10-19)31-25(27)23-7-5-6-8-24(23)26(28)32-22-15-11-20(12-16-22)30-18(3)4/h9-18,23-24H,5-8H2,1-4H3. The maximum Gasteiger partial charge on any atom is 0.315 e. The summed E-state index contributed by atoms with van der Waals surface area (Å²) < 4.78 is 22.4. The average Bonchev–Trinajstić information content (AvgIpc) is 2.75. The second kappa shape index (κ2) is 11.0. The fourth-order valence-electron chi connectivity index (χ4n) is 3.80. The molecule has 6 heteroatoms. The minimum atomic E-state index is -0.522. The number of hydrogen-bond acceptors (Lipinski definition) is 6. The number of benzene rings is 2. The molecular weight excluding hydrogens is 408 g/mol. The Bertz CT molecular complexity index is 810. The lowest BCUT2D eigenvalue weighted by molar-refractivity contribution is -0.152. The SMILES string of the molecule is CC(C)Oc1ccc(OC(=O)C2CCCCC2C(=O)Oc2ccc(OC(C)C)cc2)cc1. The first-order valence-corrected chi connectivity index (χ1v) is 11.3. The van der Waals surface area contributed by atoms with Crippen LogP contribution in [-0.2, 0) is 9.59 Å². The highest BCUT2D eigenvalue weighted by molar-refractivity contribution is 5.84. The van der Waals surface area contributed by atoms with Crippen LogP contribution in [0.2, 0.25) is 0 Å². The first-order chi connectivity index (χ1) is 15.3. The Morgan fingerprint density at radius 1 is 0.625 bits per heavy atom. The monoisotopic (exact) mass is 440 g/mol. The van der Waals surface area contributed by atoms with Crippen LogP contribution in [-0.4, -0.2) is 24.1 Å². The van der Waals surface area contributed by atoms with E-state index in [2.05, 4.69) is 0 Å². The van der Waals surface area contributed by atoms with Gasteiger partial charge in [0.1, 0.15) is 23.0 Å². The largest absolute Gasteiger partial charge is 0.491 e. The number of ether oxygens (including phenoxy) is 4. The van der Waals surface area contributed by atoms with Crippen molar-refractivity contribution >= 4 is 11.9 Å². The van der Waals surface area contributed by atoms with Gasteiger partial charge in [0.05, 0.1) is 24.0 Å². The van der Waals surface area contributed by atoms with Crippen LogP contribution in [0.4, 0.5) is 0 Å². The zero-order valence-corrected chi connectivity index (χ0v) is 19.2. The van der Waals surface area contributed by atoms with E-state index in [1.807, 2.05) is 27.7 Å².